The van der Waals surface area contributed by atoms with E-state index < -0.39 is 35.5 Å². The van der Waals surface area contributed by atoms with Crippen LogP contribution in [0.5, 0.6) is 11.5 Å². The van der Waals surface area contributed by atoms with Gasteiger partial charge in [-0.3, -0.25) is 4.90 Å². The number of amides is 2. The Bertz CT molecular complexity index is 2000. The van der Waals surface area contributed by atoms with Crippen LogP contribution in [-0.2, 0) is 20.9 Å². The maximum absolute atomic E-state index is 14.4. The molecule has 1 heterocycles. The first-order valence-corrected chi connectivity index (χ1v) is 21.0. The van der Waals surface area contributed by atoms with Crippen molar-refractivity contribution in [1.82, 2.24) is 10.2 Å². The molecule has 0 spiro atoms. The summed E-state index contributed by atoms with van der Waals surface area (Å²) in [4.78, 5) is 35.1. The Labute approximate surface area is 348 Å². The Kier molecular flexibility index (Phi) is 14.4. The number of ether oxygens (including phenoxy) is 4. The van der Waals surface area contributed by atoms with E-state index in [1.54, 1.807) is 17.0 Å². The van der Waals surface area contributed by atoms with Gasteiger partial charge < -0.3 is 39.3 Å². The monoisotopic (exact) mass is 811 g/mol. The zero-order valence-corrected chi connectivity index (χ0v) is 35.2. The number of rotatable bonds is 17. The van der Waals surface area contributed by atoms with Gasteiger partial charge in [-0.05, 0) is 105 Å². The second kappa shape index (κ2) is 19.4. The van der Waals surface area contributed by atoms with Gasteiger partial charge in [0.2, 0.25) is 5.79 Å². The van der Waals surface area contributed by atoms with Crippen LogP contribution >= 0.6 is 0 Å². The predicted octanol–water partition coefficient (Wildman–Crippen LogP) is 8.65. The zero-order valence-electron chi connectivity index (χ0n) is 35.2. The number of carbonyl (C=O) groups excluding carboxylic acids is 2. The lowest BCUT2D eigenvalue weighted by Gasteiger charge is -2.60. The van der Waals surface area contributed by atoms with Gasteiger partial charge in [-0.15, -0.1) is 6.58 Å². The van der Waals surface area contributed by atoms with Crippen LogP contribution in [0.2, 0.25) is 0 Å². The number of nitrogens with one attached hydrogen (secondary N) is 1. The van der Waals surface area contributed by atoms with Crippen molar-refractivity contribution in [2.75, 3.05) is 33.5 Å². The van der Waals surface area contributed by atoms with E-state index in [1.165, 1.54) is 7.11 Å². The first-order valence-electron chi connectivity index (χ1n) is 21.0. The van der Waals surface area contributed by atoms with Crippen LogP contribution < -0.4 is 14.8 Å². The molecule has 0 radical (unpaired) electrons. The molecule has 0 bridgehead atoms. The highest BCUT2D eigenvalue weighted by atomic mass is 16.7. The lowest BCUT2D eigenvalue weighted by Crippen LogP contribution is -2.70. The summed E-state index contributed by atoms with van der Waals surface area (Å²) in [5, 5.41) is 29.5. The van der Waals surface area contributed by atoms with Crippen LogP contribution in [0.3, 0.4) is 0 Å². The number of unbranched alkanes of at least 4 members (excludes halogenated alkanes) is 2. The fourth-order valence-electron chi connectivity index (χ4n) is 9.22. The number of aliphatic hydroxyl groups is 2. The van der Waals surface area contributed by atoms with E-state index in [9.17, 15) is 19.8 Å². The van der Waals surface area contributed by atoms with E-state index in [1.807, 2.05) is 76.2 Å². The molecule has 12 heteroatoms. The van der Waals surface area contributed by atoms with Gasteiger partial charge >= 0.3 is 12.2 Å². The lowest BCUT2D eigenvalue weighted by molar-refractivity contribution is -0.256. The van der Waals surface area contributed by atoms with Crippen molar-refractivity contribution in [3.63, 3.8) is 0 Å². The maximum atomic E-state index is 14.4. The Hall–Kier alpha value is -4.91. The Morgan fingerprint density at radius 2 is 1.78 bits per heavy atom. The molecule has 0 saturated heterocycles. The third-order valence-corrected chi connectivity index (χ3v) is 11.6. The molecule has 3 aromatic carbocycles. The first kappa shape index (κ1) is 43.7. The molecule has 12 nitrogen and oxygen atoms in total. The highest BCUT2D eigenvalue weighted by Crippen LogP contribution is 2.62. The van der Waals surface area contributed by atoms with Crippen LogP contribution in [0, 0.1) is 17.8 Å². The van der Waals surface area contributed by atoms with E-state index >= 15 is 0 Å². The van der Waals surface area contributed by atoms with Gasteiger partial charge in [0.1, 0.15) is 23.1 Å². The summed E-state index contributed by atoms with van der Waals surface area (Å²) in [6.07, 6.45) is 7.50. The Balaban J connectivity index is 1.63. The number of methoxy groups -OCH3 is 1. The number of hydrogen-bond donors (Lipinski definition) is 3. The number of fused-ring (bicyclic) bond motifs is 3. The van der Waals surface area contributed by atoms with Crippen molar-refractivity contribution in [1.29, 1.82) is 0 Å². The Morgan fingerprint density at radius 3 is 2.49 bits per heavy atom. The number of benzene rings is 3. The van der Waals surface area contributed by atoms with E-state index in [0.29, 0.717) is 36.6 Å². The van der Waals surface area contributed by atoms with Crippen LogP contribution in [0.4, 0.5) is 9.59 Å². The van der Waals surface area contributed by atoms with Crippen molar-refractivity contribution >= 4 is 28.7 Å². The number of nitrogens with zero attached hydrogens (tertiary/aromatic N) is 2. The molecule has 318 valence electrons. The maximum Gasteiger partial charge on any atom is 0.412 e. The van der Waals surface area contributed by atoms with Crippen LogP contribution in [0.15, 0.2) is 90.1 Å². The summed E-state index contributed by atoms with van der Waals surface area (Å²) in [6, 6.07) is 18.8. The topological polar surface area (TPSA) is 148 Å². The predicted molar refractivity (Wildman–Crippen MR) is 227 cm³/mol. The Morgan fingerprint density at radius 1 is 1.03 bits per heavy atom. The summed E-state index contributed by atoms with van der Waals surface area (Å²) in [7, 11) is 1.38. The van der Waals surface area contributed by atoms with Gasteiger partial charge in [-0.2, -0.15) is 0 Å². The highest BCUT2D eigenvalue weighted by molar-refractivity contribution is 6.03. The average Bonchev–Trinajstić information content (AvgIpc) is 3.22. The number of oxime groups is 1. The van der Waals surface area contributed by atoms with E-state index in [0.717, 1.165) is 53.2 Å². The number of carbonyl (C=O) groups is 2. The first-order chi connectivity index (χ1) is 28.5. The molecule has 1 aliphatic heterocycles. The quantitative estimate of drug-likeness (QED) is 0.0692. The van der Waals surface area contributed by atoms with E-state index in [4.69, 9.17) is 28.9 Å². The smallest absolute Gasteiger partial charge is 0.412 e. The molecule has 3 N–H and O–H groups in total. The molecule has 2 amide bonds. The van der Waals surface area contributed by atoms with Crippen molar-refractivity contribution in [2.24, 2.45) is 22.9 Å². The fraction of sp³-hybridized carbons (Fsp3) is 0.511. The van der Waals surface area contributed by atoms with Crippen molar-refractivity contribution in [2.45, 2.75) is 103 Å². The fourth-order valence-corrected chi connectivity index (χ4v) is 9.22. The second-order valence-electron chi connectivity index (χ2n) is 16.6. The molecule has 6 atom stereocenters. The minimum atomic E-state index is -1.48. The van der Waals surface area contributed by atoms with Crippen molar-refractivity contribution in [3.8, 4) is 11.5 Å². The minimum absolute atomic E-state index is 0.00348. The van der Waals surface area contributed by atoms with Gasteiger partial charge in [0, 0.05) is 37.7 Å². The van der Waals surface area contributed by atoms with Crippen LogP contribution in [0.1, 0.15) is 89.7 Å². The van der Waals surface area contributed by atoms with Gasteiger partial charge in [-0.25, -0.2) is 9.59 Å². The van der Waals surface area contributed by atoms with Gasteiger partial charge in [0.15, 0.2) is 0 Å². The van der Waals surface area contributed by atoms with Gasteiger partial charge in [-0.1, -0.05) is 72.6 Å². The summed E-state index contributed by atoms with van der Waals surface area (Å²) in [5.74, 6) is -1.36. The molecule has 6 unspecified atom stereocenters. The molecule has 59 heavy (non-hydrogen) atoms. The van der Waals surface area contributed by atoms with Crippen molar-refractivity contribution < 1.29 is 43.6 Å². The summed E-state index contributed by atoms with van der Waals surface area (Å²) in [6.45, 7) is 12.5. The average molecular weight is 812 g/mol. The van der Waals surface area contributed by atoms with Crippen LogP contribution in [-0.4, -0.2) is 83.9 Å². The normalized spacial score (nSPS) is 23.9. The minimum Gasteiger partial charge on any atom is -0.459 e. The zero-order chi connectivity index (χ0) is 42.2. The molecular formula is C47H61N3O9. The number of hydrogen-bond acceptors (Lipinski definition) is 10. The largest absolute Gasteiger partial charge is 0.459 e. The molecule has 2 aliphatic carbocycles. The third kappa shape index (κ3) is 9.61. The van der Waals surface area contributed by atoms with E-state index in [-0.39, 0.29) is 50.5 Å². The molecule has 1 fully saturated rings. The number of aliphatic hydroxyl groups excluding tert-OH is 2. The molecular weight excluding hydrogens is 751 g/mol. The second-order valence-corrected chi connectivity index (χ2v) is 16.6. The standard InChI is InChI=1S/C47H61N3O9/c1-7-26-56-47-41(50(45(54)55-6)30-33-19-15-18-31-16-9-10-20-35(31)33)29-39(49-59-46(3,4)5)37-27-32(17-11-13-24-51)36(21-12-14-25-52)42(43(37)47)38-28-34(22-23-40(38)58-47)57-44(53)48-8-2/h7,9-10,15-16,18-20,22-23,27-28,32,36,41-43,51-52H,1,8,11-14,17,21,24-26,29-30H2,2-6H3,(H,48,53). The molecule has 6 rings (SSSR count). The third-order valence-electron chi connectivity index (χ3n) is 11.6. The lowest BCUT2D eigenvalue weighted by atomic mass is 9.55. The SMILES string of the molecule is C=CCOC12Oc3ccc(OC(=O)NCC)cc3C3C(CCCCO)C(CCCCO)C=C(C(=NOC(C)(C)C)CC1N(Cc1cccc4ccccc14)C(=O)OC)C32. The highest BCUT2D eigenvalue weighted by Gasteiger charge is 2.65. The number of allylic oxidation sites excluding steroid dienone is 1. The van der Waals surface area contributed by atoms with Gasteiger partial charge in [0.05, 0.1) is 31.9 Å². The summed E-state index contributed by atoms with van der Waals surface area (Å²) >= 11 is 0. The summed E-state index contributed by atoms with van der Waals surface area (Å²) in [5.41, 5.74) is 2.73. The molecule has 3 aromatic rings. The van der Waals surface area contributed by atoms with Gasteiger partial charge in [0.25, 0.3) is 0 Å². The van der Waals surface area contributed by atoms with Crippen LogP contribution in [0.25, 0.3) is 10.8 Å². The molecule has 1 saturated carbocycles. The van der Waals surface area contributed by atoms with Crippen molar-refractivity contribution in [3.05, 3.63) is 96.1 Å². The summed E-state index contributed by atoms with van der Waals surface area (Å²) < 4.78 is 25.7. The molecule has 3 aliphatic rings. The van der Waals surface area contributed by atoms with E-state index in [2.05, 4.69) is 24.0 Å². The molecule has 0 aromatic heterocycles.